The molecule has 0 radical (unpaired) electrons. The second kappa shape index (κ2) is 7.53. The van der Waals surface area contributed by atoms with Crippen molar-refractivity contribution >= 4 is 28.2 Å². The number of phenolic OH excluding ortho intramolecular Hbond substituents is 1. The van der Waals surface area contributed by atoms with Crippen molar-refractivity contribution < 1.29 is 9.84 Å². The predicted molar refractivity (Wildman–Crippen MR) is 118 cm³/mol. The SMILES string of the molecule is CN(C)c1ccccc1Oc1c(O)ccc(-c2ccc3ccc(=O)[nH]c3c2)c1Cl. The number of halogens is 1. The summed E-state index contributed by atoms with van der Waals surface area (Å²) in [5.41, 5.74) is 2.88. The van der Waals surface area contributed by atoms with E-state index in [2.05, 4.69) is 4.98 Å². The lowest BCUT2D eigenvalue weighted by Crippen LogP contribution is -2.09. The minimum absolute atomic E-state index is 0.0542. The Bertz CT molecular complexity index is 1260. The summed E-state index contributed by atoms with van der Waals surface area (Å²) in [6.07, 6.45) is 0. The molecule has 0 fully saturated rings. The van der Waals surface area contributed by atoms with Gasteiger partial charge in [-0.1, -0.05) is 35.9 Å². The fourth-order valence-corrected chi connectivity index (χ4v) is 3.51. The number of para-hydroxylation sites is 2. The van der Waals surface area contributed by atoms with Crippen LogP contribution in [0.3, 0.4) is 0 Å². The highest BCUT2D eigenvalue weighted by Gasteiger charge is 2.17. The van der Waals surface area contributed by atoms with E-state index in [1.54, 1.807) is 18.2 Å². The smallest absolute Gasteiger partial charge is 0.248 e. The number of phenols is 1. The van der Waals surface area contributed by atoms with Gasteiger partial charge < -0.3 is 19.7 Å². The van der Waals surface area contributed by atoms with E-state index in [1.807, 2.05) is 61.5 Å². The third-order valence-corrected chi connectivity index (χ3v) is 5.05. The van der Waals surface area contributed by atoms with Crippen molar-refractivity contribution in [1.29, 1.82) is 0 Å². The molecule has 146 valence electrons. The number of ether oxygens (including phenoxy) is 1. The quantitative estimate of drug-likeness (QED) is 0.475. The molecule has 0 aliphatic rings. The Labute approximate surface area is 172 Å². The molecule has 0 amide bonds. The van der Waals surface area contributed by atoms with Crippen LogP contribution in [0.5, 0.6) is 17.2 Å². The Hall–Kier alpha value is -3.44. The van der Waals surface area contributed by atoms with Crippen molar-refractivity contribution in [3.8, 4) is 28.4 Å². The minimum Gasteiger partial charge on any atom is -0.504 e. The molecule has 0 saturated heterocycles. The van der Waals surface area contributed by atoms with Gasteiger partial charge in [0.1, 0.15) is 0 Å². The number of hydrogen-bond donors (Lipinski definition) is 2. The van der Waals surface area contributed by atoms with Crippen LogP contribution in [0.1, 0.15) is 0 Å². The van der Waals surface area contributed by atoms with Crippen molar-refractivity contribution in [2.24, 2.45) is 0 Å². The lowest BCUT2D eigenvalue weighted by Gasteiger charge is -2.19. The number of fused-ring (bicyclic) bond motifs is 1. The van der Waals surface area contributed by atoms with Crippen molar-refractivity contribution in [1.82, 2.24) is 4.98 Å². The number of aromatic nitrogens is 1. The Morgan fingerprint density at radius 1 is 1.00 bits per heavy atom. The summed E-state index contributed by atoms with van der Waals surface area (Å²) in [4.78, 5) is 16.4. The number of H-pyrrole nitrogens is 1. The van der Waals surface area contributed by atoms with Gasteiger partial charge in [0, 0.05) is 31.2 Å². The molecular weight excluding hydrogens is 388 g/mol. The third kappa shape index (κ3) is 3.65. The highest BCUT2D eigenvalue weighted by molar-refractivity contribution is 6.35. The average molecular weight is 407 g/mol. The standard InChI is InChI=1S/C23H19ClN2O3/c1-26(2)18-5-3-4-6-20(18)29-23-19(27)11-10-16(22(23)24)15-8-7-14-9-12-21(28)25-17(14)13-15/h3-13,27H,1-2H3,(H,25,28). The Kier molecular flexibility index (Phi) is 4.91. The van der Waals surface area contributed by atoms with Gasteiger partial charge in [-0.05, 0) is 47.3 Å². The van der Waals surface area contributed by atoms with Crippen LogP contribution in [0.15, 0.2) is 71.5 Å². The van der Waals surface area contributed by atoms with E-state index < -0.39 is 0 Å². The molecule has 1 aromatic heterocycles. The Morgan fingerprint density at radius 2 is 1.76 bits per heavy atom. The minimum atomic E-state index is -0.171. The van der Waals surface area contributed by atoms with Gasteiger partial charge in [-0.15, -0.1) is 0 Å². The Morgan fingerprint density at radius 3 is 2.55 bits per heavy atom. The number of rotatable bonds is 4. The monoisotopic (exact) mass is 406 g/mol. The largest absolute Gasteiger partial charge is 0.504 e. The zero-order valence-electron chi connectivity index (χ0n) is 15.9. The molecule has 0 bridgehead atoms. The number of benzene rings is 3. The molecule has 0 aliphatic carbocycles. The van der Waals surface area contributed by atoms with Crippen LogP contribution < -0.4 is 15.2 Å². The normalized spacial score (nSPS) is 10.9. The maximum atomic E-state index is 11.6. The molecule has 0 spiro atoms. The van der Waals surface area contributed by atoms with Crippen molar-refractivity contribution in [2.45, 2.75) is 0 Å². The van der Waals surface area contributed by atoms with E-state index in [9.17, 15) is 9.90 Å². The molecule has 6 heteroatoms. The van der Waals surface area contributed by atoms with E-state index in [1.165, 1.54) is 6.07 Å². The van der Waals surface area contributed by atoms with Crippen molar-refractivity contribution in [3.05, 3.63) is 82.1 Å². The van der Waals surface area contributed by atoms with E-state index in [0.717, 1.165) is 16.6 Å². The summed E-state index contributed by atoms with van der Waals surface area (Å²) in [6, 6.07) is 19.7. The first-order chi connectivity index (χ1) is 13.9. The first kappa shape index (κ1) is 18.9. The lowest BCUT2D eigenvalue weighted by molar-refractivity contribution is 0.412. The van der Waals surface area contributed by atoms with E-state index >= 15 is 0 Å². The van der Waals surface area contributed by atoms with Crippen LogP contribution in [0.2, 0.25) is 5.02 Å². The second-order valence-corrected chi connectivity index (χ2v) is 7.24. The summed E-state index contributed by atoms with van der Waals surface area (Å²) < 4.78 is 6.02. The zero-order chi connectivity index (χ0) is 20.5. The van der Waals surface area contributed by atoms with Crippen LogP contribution in [0, 0.1) is 0 Å². The predicted octanol–water partition coefficient (Wildman–Crippen LogP) is 5.41. The maximum absolute atomic E-state index is 11.6. The highest BCUT2D eigenvalue weighted by Crippen LogP contribution is 2.45. The number of anilines is 1. The van der Waals surface area contributed by atoms with Gasteiger partial charge in [-0.3, -0.25) is 4.79 Å². The molecule has 0 saturated carbocycles. The van der Waals surface area contributed by atoms with E-state index in [4.69, 9.17) is 16.3 Å². The van der Waals surface area contributed by atoms with Gasteiger partial charge in [0.25, 0.3) is 0 Å². The van der Waals surface area contributed by atoms with Gasteiger partial charge in [0.05, 0.1) is 10.7 Å². The molecule has 1 heterocycles. The van der Waals surface area contributed by atoms with Crippen LogP contribution in [-0.2, 0) is 0 Å². The van der Waals surface area contributed by atoms with Crippen LogP contribution in [0.25, 0.3) is 22.0 Å². The van der Waals surface area contributed by atoms with Gasteiger partial charge in [0.15, 0.2) is 17.2 Å². The van der Waals surface area contributed by atoms with E-state index in [-0.39, 0.29) is 22.1 Å². The molecule has 0 atom stereocenters. The van der Waals surface area contributed by atoms with Crippen LogP contribution in [-0.4, -0.2) is 24.2 Å². The van der Waals surface area contributed by atoms with Gasteiger partial charge in [-0.2, -0.15) is 0 Å². The number of hydrogen-bond acceptors (Lipinski definition) is 4. The molecule has 4 rings (SSSR count). The highest BCUT2D eigenvalue weighted by atomic mass is 35.5. The first-order valence-corrected chi connectivity index (χ1v) is 9.41. The van der Waals surface area contributed by atoms with Gasteiger partial charge >= 0.3 is 0 Å². The molecule has 4 aromatic rings. The summed E-state index contributed by atoms with van der Waals surface area (Å²) in [5, 5.41) is 11.6. The Balaban J connectivity index is 1.81. The van der Waals surface area contributed by atoms with Crippen molar-refractivity contribution in [3.63, 3.8) is 0 Å². The number of pyridine rings is 1. The fourth-order valence-electron chi connectivity index (χ4n) is 3.21. The van der Waals surface area contributed by atoms with Gasteiger partial charge in [-0.25, -0.2) is 0 Å². The van der Waals surface area contributed by atoms with Gasteiger partial charge in [0.2, 0.25) is 5.56 Å². The molecule has 29 heavy (non-hydrogen) atoms. The summed E-state index contributed by atoms with van der Waals surface area (Å²) in [7, 11) is 3.83. The number of nitrogens with one attached hydrogen (secondary N) is 1. The molecule has 0 aliphatic heterocycles. The lowest BCUT2D eigenvalue weighted by atomic mass is 10.0. The maximum Gasteiger partial charge on any atom is 0.248 e. The number of aromatic amines is 1. The fraction of sp³-hybridized carbons (Fsp3) is 0.0870. The third-order valence-electron chi connectivity index (χ3n) is 4.67. The average Bonchev–Trinajstić information content (AvgIpc) is 2.71. The molecule has 2 N–H and O–H groups in total. The van der Waals surface area contributed by atoms with E-state index in [0.29, 0.717) is 16.8 Å². The molecular formula is C23H19ClN2O3. The van der Waals surface area contributed by atoms with Crippen LogP contribution in [0.4, 0.5) is 5.69 Å². The van der Waals surface area contributed by atoms with Crippen LogP contribution >= 0.6 is 11.6 Å². The zero-order valence-corrected chi connectivity index (χ0v) is 16.7. The first-order valence-electron chi connectivity index (χ1n) is 9.03. The summed E-state index contributed by atoms with van der Waals surface area (Å²) in [5.74, 6) is 0.705. The molecule has 0 unspecified atom stereocenters. The topological polar surface area (TPSA) is 65.6 Å². The van der Waals surface area contributed by atoms with Crippen molar-refractivity contribution in [2.75, 3.05) is 19.0 Å². The number of aromatic hydroxyl groups is 1. The summed E-state index contributed by atoms with van der Waals surface area (Å²) in [6.45, 7) is 0. The molecule has 3 aromatic carbocycles. The molecule has 5 nitrogen and oxygen atoms in total. The second-order valence-electron chi connectivity index (χ2n) is 6.86. The summed E-state index contributed by atoms with van der Waals surface area (Å²) >= 11 is 6.64. The number of nitrogens with zero attached hydrogens (tertiary/aromatic N) is 1.